The van der Waals surface area contributed by atoms with Crippen LogP contribution in [0.4, 0.5) is 5.69 Å². The first-order valence-electron chi connectivity index (χ1n) is 7.47. The predicted molar refractivity (Wildman–Crippen MR) is 98.5 cm³/mol. The van der Waals surface area contributed by atoms with Gasteiger partial charge in [0.2, 0.25) is 0 Å². The van der Waals surface area contributed by atoms with E-state index < -0.39 is 0 Å². The van der Waals surface area contributed by atoms with E-state index in [9.17, 15) is 0 Å². The minimum Gasteiger partial charge on any atom is -0.359 e. The zero-order chi connectivity index (χ0) is 16.3. The number of para-hydroxylation sites is 1. The van der Waals surface area contributed by atoms with E-state index in [4.69, 9.17) is 12.2 Å². The minimum atomic E-state index is -0.0337. The Kier molecular flexibility index (Phi) is 4.86. The molecule has 0 saturated heterocycles. The van der Waals surface area contributed by atoms with Gasteiger partial charge in [0.15, 0.2) is 5.11 Å². The summed E-state index contributed by atoms with van der Waals surface area (Å²) in [6.45, 7) is 8.53. The van der Waals surface area contributed by atoms with Gasteiger partial charge in [-0.2, -0.15) is 5.10 Å². The summed E-state index contributed by atoms with van der Waals surface area (Å²) < 4.78 is 0. The summed E-state index contributed by atoms with van der Waals surface area (Å²) in [4.78, 5) is 2.21. The summed E-state index contributed by atoms with van der Waals surface area (Å²) in [7, 11) is 2.09. The average molecular weight is 316 g/mol. The van der Waals surface area contributed by atoms with E-state index in [1.165, 1.54) is 16.9 Å². The molecule has 118 valence electrons. The van der Waals surface area contributed by atoms with Gasteiger partial charge < -0.3 is 10.2 Å². The molecule has 1 aliphatic heterocycles. The van der Waals surface area contributed by atoms with Crippen LogP contribution in [0.3, 0.4) is 0 Å². The van der Waals surface area contributed by atoms with Crippen LogP contribution in [0.1, 0.15) is 33.3 Å². The quantitative estimate of drug-likeness (QED) is 0.510. The molecule has 4 nitrogen and oxygen atoms in total. The van der Waals surface area contributed by atoms with Gasteiger partial charge in [-0.25, -0.2) is 0 Å². The topological polar surface area (TPSA) is 39.7 Å². The van der Waals surface area contributed by atoms with Gasteiger partial charge in [0.05, 0.1) is 0 Å². The molecule has 0 amide bonds. The maximum absolute atomic E-state index is 5.14. The van der Waals surface area contributed by atoms with E-state index in [1.807, 2.05) is 19.9 Å². The van der Waals surface area contributed by atoms with Crippen LogP contribution in [0, 0.1) is 0 Å². The summed E-state index contributed by atoms with van der Waals surface area (Å²) in [6.07, 6.45) is 3.79. The number of hydrogen-bond donors (Lipinski definition) is 2. The lowest BCUT2D eigenvalue weighted by Crippen LogP contribution is -2.36. The lowest BCUT2D eigenvalue weighted by molar-refractivity contribution is 0.641. The fourth-order valence-corrected chi connectivity index (χ4v) is 3.09. The number of hydrazone groups is 1. The van der Waals surface area contributed by atoms with E-state index in [-0.39, 0.29) is 5.41 Å². The van der Waals surface area contributed by atoms with Gasteiger partial charge in [-0.3, -0.25) is 5.43 Å². The van der Waals surface area contributed by atoms with Crippen molar-refractivity contribution in [1.29, 1.82) is 0 Å². The third-order valence-corrected chi connectivity index (χ3v) is 4.04. The molecule has 0 radical (unpaired) electrons. The molecule has 0 spiro atoms. The number of likely N-dealkylation sites (N-methyl/N-ethyl adjacent to an activating group) is 1. The number of thiocarbonyl (C=S) groups is 1. The second-order valence-corrected chi connectivity index (χ2v) is 6.68. The first-order chi connectivity index (χ1) is 10.3. The maximum atomic E-state index is 5.14. The van der Waals surface area contributed by atoms with Crippen LogP contribution >= 0.6 is 12.2 Å². The highest BCUT2D eigenvalue weighted by Crippen LogP contribution is 2.46. The first-order valence-corrected chi connectivity index (χ1v) is 7.88. The molecule has 5 heteroatoms. The molecular weight excluding hydrogens is 292 g/mol. The van der Waals surface area contributed by atoms with Gasteiger partial charge in [-0.05, 0) is 43.8 Å². The van der Waals surface area contributed by atoms with Crippen molar-refractivity contribution in [3.05, 3.63) is 41.6 Å². The molecule has 22 heavy (non-hydrogen) atoms. The highest BCUT2D eigenvalue weighted by Gasteiger charge is 2.37. The molecule has 0 fully saturated rings. The smallest absolute Gasteiger partial charge is 0.187 e. The minimum absolute atomic E-state index is 0.0337. The fourth-order valence-electron chi connectivity index (χ4n) is 2.80. The molecule has 2 N–H and O–H groups in total. The van der Waals surface area contributed by atoms with Crippen LogP contribution in [-0.2, 0) is 5.41 Å². The zero-order valence-electron chi connectivity index (χ0n) is 13.8. The normalized spacial score (nSPS) is 18.1. The Hall–Kier alpha value is -1.88. The van der Waals surface area contributed by atoms with E-state index in [0.29, 0.717) is 11.2 Å². The second kappa shape index (κ2) is 6.48. The summed E-state index contributed by atoms with van der Waals surface area (Å²) >= 11 is 5.14. The van der Waals surface area contributed by atoms with Crippen LogP contribution in [0.5, 0.6) is 0 Å². The molecule has 0 aromatic heterocycles. The van der Waals surface area contributed by atoms with E-state index in [2.05, 4.69) is 65.9 Å². The molecule has 1 aliphatic rings. The number of allylic oxidation sites excluding steroid dienone is 2. The SMILES string of the molecule is CC(C)NC(=S)N/N=C\C=C1\N(C)c2ccccc2C1(C)C. The van der Waals surface area contributed by atoms with Gasteiger partial charge in [0, 0.05) is 36.1 Å². The second-order valence-electron chi connectivity index (χ2n) is 6.27. The number of nitrogens with one attached hydrogen (secondary N) is 2. The molecule has 1 aromatic carbocycles. The van der Waals surface area contributed by atoms with Gasteiger partial charge in [0.25, 0.3) is 0 Å². The third-order valence-electron chi connectivity index (χ3n) is 3.83. The highest BCUT2D eigenvalue weighted by molar-refractivity contribution is 7.80. The van der Waals surface area contributed by atoms with Gasteiger partial charge in [-0.15, -0.1) is 0 Å². The summed E-state index contributed by atoms with van der Waals surface area (Å²) in [5.74, 6) is 0. The molecule has 0 saturated carbocycles. The number of nitrogens with zero attached hydrogens (tertiary/aromatic N) is 2. The van der Waals surface area contributed by atoms with Gasteiger partial charge >= 0.3 is 0 Å². The summed E-state index contributed by atoms with van der Waals surface area (Å²) in [6, 6.07) is 8.78. The fraction of sp³-hybridized carbons (Fsp3) is 0.412. The van der Waals surface area contributed by atoms with E-state index in [1.54, 1.807) is 6.21 Å². The molecular formula is C17H24N4S. The Morgan fingerprint density at radius 3 is 2.64 bits per heavy atom. The lowest BCUT2D eigenvalue weighted by atomic mass is 9.84. The molecule has 0 aliphatic carbocycles. The number of fused-ring (bicyclic) bond motifs is 1. The van der Waals surface area contributed by atoms with Crippen LogP contribution in [0.2, 0.25) is 0 Å². The Morgan fingerprint density at radius 1 is 1.32 bits per heavy atom. The monoisotopic (exact) mass is 316 g/mol. The van der Waals surface area contributed by atoms with Crippen molar-refractivity contribution in [1.82, 2.24) is 10.7 Å². The standard InChI is InChI=1S/C17H24N4S/c1-12(2)19-16(22)20-18-11-10-15-17(3,4)13-8-6-7-9-14(13)21(15)5/h6-12H,1-5H3,(H2,19,20,22)/b15-10+,18-11-. The molecule has 0 unspecified atom stereocenters. The molecule has 2 rings (SSSR count). The van der Waals surface area contributed by atoms with Crippen LogP contribution in [0.15, 0.2) is 41.1 Å². The van der Waals surface area contributed by atoms with Crippen LogP contribution in [-0.4, -0.2) is 24.4 Å². The molecule has 0 atom stereocenters. The largest absolute Gasteiger partial charge is 0.359 e. The lowest BCUT2D eigenvalue weighted by Gasteiger charge is -2.23. The highest BCUT2D eigenvalue weighted by atomic mass is 32.1. The van der Waals surface area contributed by atoms with Crippen LogP contribution in [0.25, 0.3) is 0 Å². The van der Waals surface area contributed by atoms with Crippen molar-refractivity contribution in [3.8, 4) is 0 Å². The van der Waals surface area contributed by atoms with Crippen molar-refractivity contribution in [3.63, 3.8) is 0 Å². The number of hydrogen-bond acceptors (Lipinski definition) is 3. The maximum Gasteiger partial charge on any atom is 0.187 e. The van der Waals surface area contributed by atoms with Crippen molar-refractivity contribution in [2.45, 2.75) is 39.2 Å². The van der Waals surface area contributed by atoms with Gasteiger partial charge in [0.1, 0.15) is 0 Å². The zero-order valence-corrected chi connectivity index (χ0v) is 14.7. The number of rotatable bonds is 3. The Labute approximate surface area is 138 Å². The number of anilines is 1. The summed E-state index contributed by atoms with van der Waals surface area (Å²) in [5.41, 5.74) is 6.59. The Bertz CT molecular complexity index is 617. The van der Waals surface area contributed by atoms with Crippen molar-refractivity contribution >= 4 is 29.2 Å². The summed E-state index contributed by atoms with van der Waals surface area (Å²) in [5, 5.41) is 7.79. The van der Waals surface area contributed by atoms with Crippen LogP contribution < -0.4 is 15.6 Å². The third kappa shape index (κ3) is 3.30. The molecule has 1 heterocycles. The predicted octanol–water partition coefficient (Wildman–Crippen LogP) is 3.16. The van der Waals surface area contributed by atoms with E-state index >= 15 is 0 Å². The van der Waals surface area contributed by atoms with Crippen molar-refractivity contribution in [2.75, 3.05) is 11.9 Å². The Morgan fingerprint density at radius 2 is 2.00 bits per heavy atom. The average Bonchev–Trinajstić information content (AvgIpc) is 2.63. The van der Waals surface area contributed by atoms with Gasteiger partial charge in [-0.1, -0.05) is 32.0 Å². The number of benzene rings is 1. The molecule has 1 aromatic rings. The molecule has 0 bridgehead atoms. The Balaban J connectivity index is 2.11. The van der Waals surface area contributed by atoms with Crippen molar-refractivity contribution < 1.29 is 0 Å². The van der Waals surface area contributed by atoms with Crippen molar-refractivity contribution in [2.24, 2.45) is 5.10 Å². The first kappa shape index (κ1) is 16.5. The van der Waals surface area contributed by atoms with E-state index in [0.717, 1.165) is 0 Å².